The lowest BCUT2D eigenvalue weighted by Gasteiger charge is -2.29. The van der Waals surface area contributed by atoms with Crippen LogP contribution in [0, 0.1) is 0 Å². The Morgan fingerprint density at radius 3 is 2.68 bits per heavy atom. The molecule has 2 aromatic carbocycles. The number of carbonyl (C=O) groups excluding carboxylic acids is 2. The zero-order valence-electron chi connectivity index (χ0n) is 20.8. The van der Waals surface area contributed by atoms with Crippen LogP contribution in [0.5, 0.6) is 17.2 Å². The second-order valence-corrected chi connectivity index (χ2v) is 10.1. The molecule has 194 valence electrons. The van der Waals surface area contributed by atoms with E-state index in [0.717, 1.165) is 23.3 Å². The molecule has 5 rings (SSSR count). The summed E-state index contributed by atoms with van der Waals surface area (Å²) in [6.45, 7) is 1.97. The van der Waals surface area contributed by atoms with Crippen molar-refractivity contribution in [3.63, 3.8) is 0 Å². The maximum atomic E-state index is 13.8. The van der Waals surface area contributed by atoms with Crippen molar-refractivity contribution in [2.24, 2.45) is 0 Å². The number of nitrogens with zero attached hydrogens (tertiary/aromatic N) is 2. The maximum Gasteiger partial charge on any atom is 0.258 e. The van der Waals surface area contributed by atoms with Gasteiger partial charge in [0.25, 0.3) is 5.91 Å². The summed E-state index contributed by atoms with van der Waals surface area (Å²) in [5, 5.41) is 1.99. The number of benzene rings is 2. The Hall–Kier alpha value is -3.56. The number of para-hydroxylation sites is 1. The Labute approximate surface area is 220 Å². The molecule has 8 nitrogen and oxygen atoms in total. The Balaban J connectivity index is 1.38. The minimum Gasteiger partial charge on any atom is -0.496 e. The molecule has 0 aliphatic carbocycles. The van der Waals surface area contributed by atoms with E-state index in [-0.39, 0.29) is 31.3 Å². The average Bonchev–Trinajstić information content (AvgIpc) is 3.70. The van der Waals surface area contributed by atoms with E-state index >= 15 is 0 Å². The Kier molecular flexibility index (Phi) is 7.91. The highest BCUT2D eigenvalue weighted by molar-refractivity contribution is 7.09. The first-order chi connectivity index (χ1) is 18.1. The third-order valence-corrected chi connectivity index (χ3v) is 7.35. The second kappa shape index (κ2) is 11.7. The van der Waals surface area contributed by atoms with Crippen LogP contribution in [0.3, 0.4) is 0 Å². The molecule has 9 heteroatoms. The van der Waals surface area contributed by atoms with Crippen LogP contribution in [-0.2, 0) is 22.6 Å². The second-order valence-electron chi connectivity index (χ2n) is 9.04. The van der Waals surface area contributed by atoms with E-state index in [4.69, 9.17) is 18.9 Å². The lowest BCUT2D eigenvalue weighted by molar-refractivity contribution is -0.133. The summed E-state index contributed by atoms with van der Waals surface area (Å²) in [7, 11) is 1.54. The summed E-state index contributed by atoms with van der Waals surface area (Å²) in [6.07, 6.45) is 1.72. The first kappa shape index (κ1) is 25.1. The molecule has 1 fully saturated rings. The molecule has 1 aromatic heterocycles. The van der Waals surface area contributed by atoms with Crippen molar-refractivity contribution < 1.29 is 28.5 Å². The smallest absolute Gasteiger partial charge is 0.258 e. The lowest BCUT2D eigenvalue weighted by Crippen LogP contribution is -2.45. The topological polar surface area (TPSA) is 77.5 Å². The van der Waals surface area contributed by atoms with Crippen molar-refractivity contribution >= 4 is 23.2 Å². The van der Waals surface area contributed by atoms with E-state index in [1.165, 1.54) is 7.11 Å². The van der Waals surface area contributed by atoms with Gasteiger partial charge in [-0.25, -0.2) is 0 Å². The van der Waals surface area contributed by atoms with Crippen LogP contribution in [0.4, 0.5) is 0 Å². The highest BCUT2D eigenvalue weighted by atomic mass is 32.1. The number of ether oxygens (including phenoxy) is 4. The predicted molar refractivity (Wildman–Crippen MR) is 139 cm³/mol. The first-order valence-electron chi connectivity index (χ1n) is 12.3. The van der Waals surface area contributed by atoms with Crippen LogP contribution in [0.1, 0.15) is 33.6 Å². The molecule has 1 unspecified atom stereocenters. The molecule has 1 saturated heterocycles. The molecular weight excluding hydrogens is 492 g/mol. The summed E-state index contributed by atoms with van der Waals surface area (Å²) in [5.41, 5.74) is 1.35. The van der Waals surface area contributed by atoms with Gasteiger partial charge in [0.15, 0.2) is 11.5 Å². The number of hydrogen-bond donors (Lipinski definition) is 0. The third-order valence-electron chi connectivity index (χ3n) is 6.49. The molecule has 0 N–H and O–H groups in total. The number of carbonyl (C=O) groups is 2. The number of thiophene rings is 1. The number of fused-ring (bicyclic) bond motifs is 1. The number of hydrogen-bond acceptors (Lipinski definition) is 7. The van der Waals surface area contributed by atoms with Crippen LogP contribution >= 0.6 is 11.3 Å². The molecule has 3 aromatic rings. The Morgan fingerprint density at radius 1 is 1.03 bits per heavy atom. The van der Waals surface area contributed by atoms with Crippen LogP contribution in [-0.4, -0.2) is 61.3 Å². The molecule has 37 heavy (non-hydrogen) atoms. The van der Waals surface area contributed by atoms with Gasteiger partial charge in [0, 0.05) is 24.6 Å². The van der Waals surface area contributed by atoms with Gasteiger partial charge in [-0.1, -0.05) is 24.3 Å². The van der Waals surface area contributed by atoms with Gasteiger partial charge in [0.2, 0.25) is 12.7 Å². The lowest BCUT2D eigenvalue weighted by atomic mass is 10.1. The molecule has 0 spiro atoms. The largest absolute Gasteiger partial charge is 0.496 e. The summed E-state index contributed by atoms with van der Waals surface area (Å²) in [5.74, 6) is 1.46. The summed E-state index contributed by atoms with van der Waals surface area (Å²) in [6, 6.07) is 16.8. The van der Waals surface area contributed by atoms with Gasteiger partial charge in [-0.2, -0.15) is 0 Å². The average molecular weight is 523 g/mol. The zero-order valence-corrected chi connectivity index (χ0v) is 21.6. The van der Waals surface area contributed by atoms with Gasteiger partial charge in [-0.15, -0.1) is 11.3 Å². The number of rotatable bonds is 10. The van der Waals surface area contributed by atoms with E-state index in [9.17, 15) is 9.59 Å². The van der Waals surface area contributed by atoms with Gasteiger partial charge < -0.3 is 28.7 Å². The third kappa shape index (κ3) is 6.06. The molecule has 1 atom stereocenters. The van der Waals surface area contributed by atoms with Crippen molar-refractivity contribution in [3.8, 4) is 17.2 Å². The quantitative estimate of drug-likeness (QED) is 0.394. The van der Waals surface area contributed by atoms with Gasteiger partial charge in [0.05, 0.1) is 25.3 Å². The zero-order chi connectivity index (χ0) is 25.6. The number of amides is 2. The molecule has 0 radical (unpaired) electrons. The summed E-state index contributed by atoms with van der Waals surface area (Å²) >= 11 is 1.60. The van der Waals surface area contributed by atoms with Gasteiger partial charge >= 0.3 is 0 Å². The first-order valence-corrected chi connectivity index (χ1v) is 13.2. The SMILES string of the molecule is COc1ccccc1C(=O)N(CC(=O)N(Cc1ccc2c(c1)OCO2)Cc1cccs1)CC1CCCO1. The Morgan fingerprint density at radius 2 is 1.89 bits per heavy atom. The fraction of sp³-hybridized carbons (Fsp3) is 0.357. The fourth-order valence-corrected chi connectivity index (χ4v) is 5.31. The monoisotopic (exact) mass is 522 g/mol. The van der Waals surface area contributed by atoms with Crippen LogP contribution in [0.15, 0.2) is 60.0 Å². The van der Waals surface area contributed by atoms with Crippen molar-refractivity contribution in [2.75, 3.05) is 33.6 Å². The predicted octanol–water partition coefficient (Wildman–Crippen LogP) is 4.34. The molecule has 2 aliphatic heterocycles. The minimum absolute atomic E-state index is 0.0628. The van der Waals surface area contributed by atoms with Crippen molar-refractivity contribution in [3.05, 3.63) is 76.0 Å². The Bertz CT molecular complexity index is 1230. The van der Waals surface area contributed by atoms with Gasteiger partial charge in [0.1, 0.15) is 12.3 Å². The molecule has 0 saturated carbocycles. The fourth-order valence-electron chi connectivity index (χ4n) is 4.59. The standard InChI is InChI=1S/C28H30N2O6S/c1-33-24-9-3-2-8-23(24)28(32)30(16-21-6-4-12-34-21)18-27(31)29(17-22-7-5-13-37-22)15-20-10-11-25-26(14-20)36-19-35-25/h2-3,5,7-11,13-14,21H,4,6,12,15-19H2,1H3. The van der Waals surface area contributed by atoms with Crippen molar-refractivity contribution in [1.82, 2.24) is 9.80 Å². The molecule has 3 heterocycles. The van der Waals surface area contributed by atoms with E-state index in [1.807, 2.05) is 41.8 Å². The van der Waals surface area contributed by atoms with Crippen molar-refractivity contribution in [2.45, 2.75) is 32.0 Å². The highest BCUT2D eigenvalue weighted by Gasteiger charge is 2.29. The van der Waals surface area contributed by atoms with E-state index < -0.39 is 0 Å². The van der Waals surface area contributed by atoms with Crippen LogP contribution < -0.4 is 14.2 Å². The molecular formula is C28H30N2O6S. The van der Waals surface area contributed by atoms with Crippen LogP contribution in [0.25, 0.3) is 0 Å². The summed E-state index contributed by atoms with van der Waals surface area (Å²) in [4.78, 5) is 31.9. The normalized spacial score (nSPS) is 16.0. The van der Waals surface area contributed by atoms with Gasteiger partial charge in [-0.05, 0) is 54.1 Å². The summed E-state index contributed by atoms with van der Waals surface area (Å²) < 4.78 is 22.2. The van der Waals surface area contributed by atoms with E-state index in [2.05, 4.69) is 0 Å². The number of methoxy groups -OCH3 is 1. The molecule has 0 bridgehead atoms. The highest BCUT2D eigenvalue weighted by Crippen LogP contribution is 2.33. The maximum absolute atomic E-state index is 13.8. The molecule has 2 amide bonds. The van der Waals surface area contributed by atoms with Gasteiger partial charge in [-0.3, -0.25) is 9.59 Å². The van der Waals surface area contributed by atoms with Crippen molar-refractivity contribution in [1.29, 1.82) is 0 Å². The molecule has 2 aliphatic rings. The van der Waals surface area contributed by atoms with E-state index in [0.29, 0.717) is 49.1 Å². The van der Waals surface area contributed by atoms with E-state index in [1.54, 1.807) is 39.3 Å². The minimum atomic E-state index is -0.250. The van der Waals surface area contributed by atoms with Crippen LogP contribution in [0.2, 0.25) is 0 Å².